The Bertz CT molecular complexity index is 2260. The number of para-hydroxylation sites is 1. The molecule has 2 aromatic heterocycles. The van der Waals surface area contributed by atoms with Crippen molar-refractivity contribution in [3.63, 3.8) is 0 Å². The molecule has 0 saturated heterocycles. The second-order valence-corrected chi connectivity index (χ2v) is 13.4. The third-order valence-electron chi connectivity index (χ3n) is 8.88. The molecule has 5 heteroatoms. The van der Waals surface area contributed by atoms with Crippen molar-refractivity contribution < 1.29 is 26.2 Å². The molecule has 0 aliphatic carbocycles. The number of phenolic OH excluding ortho intramolecular Hbond substituents is 1. The molecule has 5 aromatic carbocycles. The van der Waals surface area contributed by atoms with Gasteiger partial charge in [-0.2, -0.15) is 0 Å². The van der Waals surface area contributed by atoms with Crippen molar-refractivity contribution in [1.82, 2.24) is 14.5 Å². The van der Waals surface area contributed by atoms with E-state index in [2.05, 4.69) is 125 Å². The Morgan fingerprint density at radius 1 is 0.688 bits per heavy atom. The molecule has 0 radical (unpaired) electrons. The smallest absolute Gasteiger partial charge is 0.148 e. The van der Waals surface area contributed by atoms with Crippen LogP contribution >= 0.6 is 0 Å². The van der Waals surface area contributed by atoms with Crippen LogP contribution in [0, 0.1) is 26.8 Å². The molecule has 7 rings (SSSR count). The molecule has 0 aliphatic heterocycles. The molecule has 1 N–H and O–H groups in total. The molecular formula is C43H38N3OPt-. The van der Waals surface area contributed by atoms with Gasteiger partial charge in [-0.15, -0.1) is 29.8 Å². The third-order valence-corrected chi connectivity index (χ3v) is 8.88. The minimum Gasteiger partial charge on any atom is -0.507 e. The molecule has 0 aliphatic rings. The summed E-state index contributed by atoms with van der Waals surface area (Å²) < 4.78 is 2.21. The standard InChI is InChI=1S/C43H38N3O.Pt/c1-27-22-28(2)41(29(3)23-27)46-38-17-11-16-35(32-14-10-15-33(24-32)37-26-34(20-21-44-37)43(4,5)6)40(38)45-42(46)36-25-31(18-19-39(36)47)30-12-8-7-9-13-30;/h7-23,25-26,47H,1-6H3;/q-1;. The van der Waals surface area contributed by atoms with Crippen molar-refractivity contribution in [2.45, 2.75) is 47.0 Å². The number of hydrogen-bond donors (Lipinski definition) is 1. The van der Waals surface area contributed by atoms with Gasteiger partial charge in [0.05, 0.1) is 22.3 Å². The van der Waals surface area contributed by atoms with Crippen LogP contribution in [0.1, 0.15) is 43.0 Å². The van der Waals surface area contributed by atoms with Gasteiger partial charge in [-0.3, -0.25) is 9.55 Å². The van der Waals surface area contributed by atoms with Crippen LogP contribution in [0.4, 0.5) is 0 Å². The van der Waals surface area contributed by atoms with Gasteiger partial charge in [-0.1, -0.05) is 104 Å². The van der Waals surface area contributed by atoms with E-state index in [0.717, 1.165) is 61.4 Å². The van der Waals surface area contributed by atoms with Crippen molar-refractivity contribution in [2.75, 3.05) is 0 Å². The molecule has 0 saturated carbocycles. The number of benzene rings is 5. The molecule has 242 valence electrons. The second-order valence-electron chi connectivity index (χ2n) is 13.4. The first-order chi connectivity index (χ1) is 22.6. The minimum absolute atomic E-state index is 0. The van der Waals surface area contributed by atoms with Gasteiger partial charge < -0.3 is 5.11 Å². The first-order valence-corrected chi connectivity index (χ1v) is 16.1. The monoisotopic (exact) mass is 807 g/mol. The zero-order chi connectivity index (χ0) is 32.9. The van der Waals surface area contributed by atoms with Crippen LogP contribution in [-0.2, 0) is 26.5 Å². The fourth-order valence-corrected chi connectivity index (χ4v) is 6.59. The van der Waals surface area contributed by atoms with Gasteiger partial charge in [-0.05, 0) is 78.3 Å². The van der Waals surface area contributed by atoms with Crippen LogP contribution in [-0.4, -0.2) is 19.6 Å². The largest absolute Gasteiger partial charge is 0.507 e. The fraction of sp³-hybridized carbons (Fsp3) is 0.163. The topological polar surface area (TPSA) is 50.9 Å². The summed E-state index contributed by atoms with van der Waals surface area (Å²) in [6, 6.07) is 40.8. The Balaban J connectivity index is 0.00000401. The summed E-state index contributed by atoms with van der Waals surface area (Å²) in [7, 11) is 0. The maximum atomic E-state index is 11.4. The predicted octanol–water partition coefficient (Wildman–Crippen LogP) is 10.8. The first kappa shape index (κ1) is 33.1. The van der Waals surface area contributed by atoms with Crippen LogP contribution < -0.4 is 0 Å². The molecule has 0 bridgehead atoms. The van der Waals surface area contributed by atoms with Crippen molar-refractivity contribution in [1.29, 1.82) is 0 Å². The van der Waals surface area contributed by atoms with Crippen molar-refractivity contribution in [2.24, 2.45) is 0 Å². The Morgan fingerprint density at radius 2 is 1.40 bits per heavy atom. The maximum absolute atomic E-state index is 11.4. The van der Waals surface area contributed by atoms with E-state index in [4.69, 9.17) is 9.97 Å². The van der Waals surface area contributed by atoms with Gasteiger partial charge in [0, 0.05) is 33.0 Å². The van der Waals surface area contributed by atoms with Gasteiger partial charge in [-0.25, -0.2) is 4.98 Å². The summed E-state index contributed by atoms with van der Waals surface area (Å²) in [6.07, 6.45) is 1.88. The third kappa shape index (κ3) is 6.13. The Labute approximate surface area is 297 Å². The van der Waals surface area contributed by atoms with Gasteiger partial charge in [0.25, 0.3) is 0 Å². The summed E-state index contributed by atoms with van der Waals surface area (Å²) in [5.74, 6) is 0.872. The molecular weight excluding hydrogens is 770 g/mol. The van der Waals surface area contributed by atoms with Gasteiger partial charge in [0.2, 0.25) is 0 Å². The van der Waals surface area contributed by atoms with E-state index in [1.165, 1.54) is 11.1 Å². The SMILES string of the molecule is Cc1cc(C)c(-n2c(-c3cc(-c4ccccc4)ccc3O)nc3c(-c4[c-]c(-c5cc(C(C)(C)C)ccn5)ccc4)cccc32)c(C)c1.[Pt]. The zero-order valence-electron chi connectivity index (χ0n) is 28.1. The van der Waals surface area contributed by atoms with Crippen molar-refractivity contribution in [3.8, 4) is 56.3 Å². The zero-order valence-corrected chi connectivity index (χ0v) is 30.3. The number of rotatable bonds is 5. The number of aromatic hydroxyl groups is 1. The van der Waals surface area contributed by atoms with E-state index in [-0.39, 0.29) is 32.2 Å². The van der Waals surface area contributed by atoms with E-state index < -0.39 is 0 Å². The van der Waals surface area contributed by atoms with Crippen molar-refractivity contribution in [3.05, 3.63) is 144 Å². The molecule has 0 amide bonds. The average molecular weight is 808 g/mol. The molecule has 0 atom stereocenters. The van der Waals surface area contributed by atoms with Crippen LogP contribution in [0.15, 0.2) is 115 Å². The van der Waals surface area contributed by atoms with E-state index in [9.17, 15) is 5.11 Å². The number of nitrogens with zero attached hydrogens (tertiary/aromatic N) is 3. The number of hydrogen-bond acceptors (Lipinski definition) is 3. The van der Waals surface area contributed by atoms with Crippen molar-refractivity contribution >= 4 is 11.0 Å². The number of pyridine rings is 1. The molecule has 0 fully saturated rings. The van der Waals surface area contributed by atoms with Gasteiger partial charge >= 0.3 is 0 Å². The molecule has 4 nitrogen and oxygen atoms in total. The number of fused-ring (bicyclic) bond motifs is 1. The average Bonchev–Trinajstić information content (AvgIpc) is 3.44. The quantitative estimate of drug-likeness (QED) is 0.176. The molecule has 7 aromatic rings. The van der Waals surface area contributed by atoms with Crippen LogP contribution in [0.5, 0.6) is 5.75 Å². The summed E-state index contributed by atoms with van der Waals surface area (Å²) in [4.78, 5) is 10.1. The number of aryl methyl sites for hydroxylation is 3. The molecule has 48 heavy (non-hydrogen) atoms. The predicted molar refractivity (Wildman–Crippen MR) is 194 cm³/mol. The van der Waals surface area contributed by atoms with Crippen LogP contribution in [0.3, 0.4) is 0 Å². The normalized spacial score (nSPS) is 11.5. The second kappa shape index (κ2) is 13.0. The summed E-state index contributed by atoms with van der Waals surface area (Å²) in [6.45, 7) is 13.1. The van der Waals surface area contributed by atoms with E-state index >= 15 is 0 Å². The van der Waals surface area contributed by atoms with Crippen LogP contribution in [0.2, 0.25) is 0 Å². The van der Waals surface area contributed by atoms with Crippen LogP contribution in [0.25, 0.3) is 61.6 Å². The minimum atomic E-state index is 0. The maximum Gasteiger partial charge on any atom is 0.148 e. The molecule has 0 unspecified atom stereocenters. The molecule has 2 heterocycles. The summed E-state index contributed by atoms with van der Waals surface area (Å²) >= 11 is 0. The first-order valence-electron chi connectivity index (χ1n) is 16.1. The molecule has 0 spiro atoms. The Morgan fingerprint density at radius 3 is 2.12 bits per heavy atom. The van der Waals surface area contributed by atoms with Gasteiger partial charge in [0.15, 0.2) is 0 Å². The Hall–Kier alpha value is -4.79. The number of phenols is 1. The number of imidazole rings is 1. The van der Waals surface area contributed by atoms with E-state index in [1.54, 1.807) is 6.07 Å². The van der Waals surface area contributed by atoms with E-state index in [1.807, 2.05) is 36.5 Å². The van der Waals surface area contributed by atoms with Gasteiger partial charge in [0.1, 0.15) is 11.6 Å². The summed E-state index contributed by atoms with van der Waals surface area (Å²) in [5.41, 5.74) is 14.1. The Kier molecular flexibility index (Phi) is 8.98. The number of aromatic nitrogens is 3. The summed E-state index contributed by atoms with van der Waals surface area (Å²) in [5, 5.41) is 11.4. The van der Waals surface area contributed by atoms with E-state index in [0.29, 0.717) is 11.4 Å². The fourth-order valence-electron chi connectivity index (χ4n) is 6.59.